The fourth-order valence-corrected chi connectivity index (χ4v) is 4.42. The van der Waals surface area contributed by atoms with Gasteiger partial charge in [-0.15, -0.1) is 0 Å². The molecule has 1 atom stereocenters. The lowest BCUT2D eigenvalue weighted by Crippen LogP contribution is -2.01. The Morgan fingerprint density at radius 3 is 2.33 bits per heavy atom. The summed E-state index contributed by atoms with van der Waals surface area (Å²) in [5.41, 5.74) is 11.2. The van der Waals surface area contributed by atoms with E-state index in [0.29, 0.717) is 5.92 Å². The molecule has 0 amide bonds. The zero-order valence-corrected chi connectivity index (χ0v) is 17.1. The van der Waals surface area contributed by atoms with Crippen LogP contribution >= 0.6 is 0 Å². The first-order valence-electron chi connectivity index (χ1n) is 10.3. The largest absolute Gasteiger partial charge is 0.0995 e. The average Bonchev–Trinajstić information content (AvgIpc) is 2.93. The summed E-state index contributed by atoms with van der Waals surface area (Å²) < 4.78 is 0. The third-order valence-corrected chi connectivity index (χ3v) is 5.87. The van der Waals surface area contributed by atoms with Gasteiger partial charge in [0.05, 0.1) is 0 Å². The highest BCUT2D eigenvalue weighted by atomic mass is 14.3. The van der Waals surface area contributed by atoms with Crippen LogP contribution in [0.15, 0.2) is 72.8 Å². The Morgan fingerprint density at radius 2 is 1.67 bits per heavy atom. The Balaban J connectivity index is 1.69. The Bertz CT molecular complexity index is 861. The Kier molecular flexibility index (Phi) is 6.16. The molecular weight excluding hydrogens is 324 g/mol. The molecule has 0 aliphatic heterocycles. The number of allylic oxidation sites excluding steroid dienone is 4. The molecule has 1 unspecified atom stereocenters. The van der Waals surface area contributed by atoms with E-state index in [-0.39, 0.29) is 0 Å². The lowest BCUT2D eigenvalue weighted by Gasteiger charge is -2.16. The molecule has 0 bridgehead atoms. The normalized spacial score (nSPS) is 15.7. The van der Waals surface area contributed by atoms with Crippen molar-refractivity contribution in [1.82, 2.24) is 0 Å². The maximum Gasteiger partial charge on any atom is 0.00946 e. The van der Waals surface area contributed by atoms with Crippen LogP contribution in [0.2, 0.25) is 0 Å². The maximum atomic E-state index is 4.42. The van der Waals surface area contributed by atoms with Crippen LogP contribution in [0.4, 0.5) is 0 Å². The summed E-state index contributed by atoms with van der Waals surface area (Å²) in [4.78, 5) is 0. The van der Waals surface area contributed by atoms with Crippen LogP contribution < -0.4 is 0 Å². The third kappa shape index (κ3) is 4.16. The molecule has 2 aromatic carbocycles. The molecule has 140 valence electrons. The molecule has 0 aromatic heterocycles. The zero-order chi connectivity index (χ0) is 19.4. The fraction of sp³-hybridized carbons (Fsp3) is 0.333. The minimum atomic E-state index is 0.493. The minimum absolute atomic E-state index is 0.493. The van der Waals surface area contributed by atoms with Crippen molar-refractivity contribution in [2.75, 3.05) is 0 Å². The molecule has 0 nitrogen and oxygen atoms in total. The predicted octanol–water partition coefficient (Wildman–Crippen LogP) is 7.97. The van der Waals surface area contributed by atoms with E-state index in [2.05, 4.69) is 82.5 Å². The number of benzene rings is 2. The summed E-state index contributed by atoms with van der Waals surface area (Å²) in [7, 11) is 0. The van der Waals surface area contributed by atoms with Crippen molar-refractivity contribution in [3.05, 3.63) is 95.1 Å². The van der Waals surface area contributed by atoms with Crippen molar-refractivity contribution in [1.29, 1.82) is 0 Å². The second kappa shape index (κ2) is 8.57. The van der Waals surface area contributed by atoms with Crippen LogP contribution in [-0.4, -0.2) is 0 Å². The first kappa shape index (κ1) is 19.4. The van der Waals surface area contributed by atoms with Crippen molar-refractivity contribution in [3.63, 3.8) is 0 Å². The molecule has 0 N–H and O–H groups in total. The van der Waals surface area contributed by atoms with E-state index in [4.69, 9.17) is 0 Å². The Morgan fingerprint density at radius 1 is 0.963 bits per heavy atom. The molecule has 0 radical (unpaired) electrons. The molecule has 0 fully saturated rings. The van der Waals surface area contributed by atoms with Gasteiger partial charge >= 0.3 is 0 Å². The minimum Gasteiger partial charge on any atom is -0.0995 e. The Labute approximate surface area is 165 Å². The summed E-state index contributed by atoms with van der Waals surface area (Å²) in [5, 5.41) is 0. The van der Waals surface area contributed by atoms with Crippen molar-refractivity contribution < 1.29 is 0 Å². The standard InChI is InChI=1S/C27H32/c1-6-10-20(4)23-15-13-22(14-16-23)17-19(3)18-27-21(5)24(7-2)25-11-8-9-12-26(25)27/h8-9,11-16,27H,3-4,6-7,10,17-18H2,1-2,5H3. The highest BCUT2D eigenvalue weighted by Crippen LogP contribution is 2.45. The van der Waals surface area contributed by atoms with E-state index in [0.717, 1.165) is 32.1 Å². The lowest BCUT2D eigenvalue weighted by molar-refractivity contribution is 0.777. The molecule has 0 heterocycles. The van der Waals surface area contributed by atoms with Crippen LogP contribution in [0.3, 0.4) is 0 Å². The van der Waals surface area contributed by atoms with Crippen LogP contribution in [0.1, 0.15) is 74.6 Å². The first-order valence-corrected chi connectivity index (χ1v) is 10.3. The van der Waals surface area contributed by atoms with Gasteiger partial charge in [0.25, 0.3) is 0 Å². The van der Waals surface area contributed by atoms with Gasteiger partial charge in [0.15, 0.2) is 0 Å². The van der Waals surface area contributed by atoms with E-state index in [9.17, 15) is 0 Å². The van der Waals surface area contributed by atoms with E-state index in [1.807, 2.05) is 0 Å². The van der Waals surface area contributed by atoms with Crippen molar-refractivity contribution >= 4 is 11.1 Å². The van der Waals surface area contributed by atoms with E-state index in [1.54, 1.807) is 0 Å². The maximum absolute atomic E-state index is 4.42. The van der Waals surface area contributed by atoms with Crippen molar-refractivity contribution in [2.45, 2.75) is 58.8 Å². The topological polar surface area (TPSA) is 0 Å². The van der Waals surface area contributed by atoms with Crippen molar-refractivity contribution in [3.8, 4) is 0 Å². The van der Waals surface area contributed by atoms with Gasteiger partial charge in [0.2, 0.25) is 0 Å². The molecule has 0 saturated carbocycles. The first-order chi connectivity index (χ1) is 13.0. The molecule has 1 aliphatic rings. The third-order valence-electron chi connectivity index (χ3n) is 5.87. The number of rotatable bonds is 8. The van der Waals surface area contributed by atoms with Crippen LogP contribution in [-0.2, 0) is 6.42 Å². The van der Waals surface area contributed by atoms with Gasteiger partial charge in [-0.2, -0.15) is 0 Å². The molecule has 0 spiro atoms. The molecule has 0 saturated heterocycles. The van der Waals surface area contributed by atoms with Crippen molar-refractivity contribution in [2.24, 2.45) is 0 Å². The molecule has 1 aliphatic carbocycles. The predicted molar refractivity (Wildman–Crippen MR) is 120 cm³/mol. The molecule has 0 heteroatoms. The lowest BCUT2D eigenvalue weighted by atomic mass is 9.88. The van der Waals surface area contributed by atoms with Crippen LogP contribution in [0, 0.1) is 0 Å². The average molecular weight is 357 g/mol. The summed E-state index contributed by atoms with van der Waals surface area (Å²) >= 11 is 0. The zero-order valence-electron chi connectivity index (χ0n) is 17.1. The second-order valence-corrected chi connectivity index (χ2v) is 7.84. The van der Waals surface area contributed by atoms with E-state index >= 15 is 0 Å². The van der Waals surface area contributed by atoms with Gasteiger partial charge in [0.1, 0.15) is 0 Å². The van der Waals surface area contributed by atoms with Gasteiger partial charge < -0.3 is 0 Å². The monoisotopic (exact) mass is 356 g/mol. The molecule has 2 aromatic rings. The summed E-state index contributed by atoms with van der Waals surface area (Å²) in [5.74, 6) is 0.493. The van der Waals surface area contributed by atoms with E-state index < -0.39 is 0 Å². The summed E-state index contributed by atoms with van der Waals surface area (Å²) in [6, 6.07) is 17.8. The van der Waals surface area contributed by atoms with Gasteiger partial charge in [-0.25, -0.2) is 0 Å². The van der Waals surface area contributed by atoms with E-state index in [1.165, 1.54) is 44.5 Å². The Hall–Kier alpha value is -2.34. The molecular formula is C27H32. The fourth-order valence-electron chi connectivity index (χ4n) is 4.42. The number of hydrogen-bond acceptors (Lipinski definition) is 0. The van der Waals surface area contributed by atoms with Crippen LogP contribution in [0.25, 0.3) is 11.1 Å². The SMILES string of the molecule is C=C(Cc1ccc(C(=C)CCC)cc1)CC1C(C)=C(CC)c2ccccc21. The van der Waals surface area contributed by atoms with Crippen LogP contribution in [0.5, 0.6) is 0 Å². The smallest absolute Gasteiger partial charge is 0.00946 e. The highest BCUT2D eigenvalue weighted by molar-refractivity contribution is 5.78. The van der Waals surface area contributed by atoms with Gasteiger partial charge in [-0.3, -0.25) is 0 Å². The number of fused-ring (bicyclic) bond motifs is 1. The second-order valence-electron chi connectivity index (χ2n) is 7.84. The quantitative estimate of drug-likeness (QED) is 0.421. The van der Waals surface area contributed by atoms with Gasteiger partial charge in [-0.1, -0.05) is 93.1 Å². The summed E-state index contributed by atoms with van der Waals surface area (Å²) in [6.45, 7) is 15.4. The summed E-state index contributed by atoms with van der Waals surface area (Å²) in [6.07, 6.45) is 5.31. The molecule has 3 rings (SSSR count). The highest BCUT2D eigenvalue weighted by Gasteiger charge is 2.27. The van der Waals surface area contributed by atoms with Gasteiger partial charge in [0, 0.05) is 5.92 Å². The van der Waals surface area contributed by atoms with Gasteiger partial charge in [-0.05, 0) is 66.0 Å². The molecule has 27 heavy (non-hydrogen) atoms. The number of hydrogen-bond donors (Lipinski definition) is 0.